The van der Waals surface area contributed by atoms with Gasteiger partial charge >= 0.3 is 5.97 Å². The van der Waals surface area contributed by atoms with Crippen LogP contribution in [0.2, 0.25) is 0 Å². The van der Waals surface area contributed by atoms with E-state index in [9.17, 15) is 25.0 Å². The van der Waals surface area contributed by atoms with Gasteiger partial charge < -0.3 is 10.1 Å². The number of anilines is 1. The first-order valence-electron chi connectivity index (χ1n) is 6.66. The van der Waals surface area contributed by atoms with E-state index in [0.717, 1.165) is 0 Å². The molecule has 23 heavy (non-hydrogen) atoms. The zero-order valence-electron chi connectivity index (χ0n) is 12.0. The molecule has 0 unspecified atom stereocenters. The maximum atomic E-state index is 12.5. The van der Waals surface area contributed by atoms with Crippen LogP contribution in [-0.2, 0) is 19.7 Å². The number of carbonyl (C=O) groups excluding carboxylic acids is 2. The number of benzene rings is 1. The summed E-state index contributed by atoms with van der Waals surface area (Å²) in [7, 11) is 0. The van der Waals surface area contributed by atoms with Gasteiger partial charge in [-0.1, -0.05) is 15.9 Å². The average molecular weight is 382 g/mol. The number of nitriles is 1. The Morgan fingerprint density at radius 2 is 2.30 bits per heavy atom. The van der Waals surface area contributed by atoms with Crippen LogP contribution >= 0.6 is 15.9 Å². The molecule has 0 radical (unpaired) electrons. The second-order valence-electron chi connectivity index (χ2n) is 4.92. The molecule has 1 N–H and O–H groups in total. The molecule has 2 atom stereocenters. The van der Waals surface area contributed by atoms with Crippen LogP contribution in [0.4, 0.5) is 5.69 Å². The summed E-state index contributed by atoms with van der Waals surface area (Å²) in [5, 5.41) is 23.1. The summed E-state index contributed by atoms with van der Waals surface area (Å²) in [6, 6.07) is 6.41. The number of nitro groups is 1. The highest BCUT2D eigenvalue weighted by molar-refractivity contribution is 9.10. The summed E-state index contributed by atoms with van der Waals surface area (Å²) < 4.78 is 5.40. The molecule has 1 amide bonds. The van der Waals surface area contributed by atoms with Gasteiger partial charge in [-0.2, -0.15) is 5.26 Å². The predicted octanol–water partition coefficient (Wildman–Crippen LogP) is 1.62. The Morgan fingerprint density at radius 1 is 1.61 bits per heavy atom. The third-order valence-corrected chi connectivity index (χ3v) is 4.13. The standard InChI is InChI=1S/C14H12BrN3O5/c1-2-23-12(19)10(6-16)14(7-18(21)22)9-5-8(15)3-4-11(9)17-13(14)20/h3-5,10H,2,7H2,1H3,(H,17,20)/t10-,14-/m1/s1. The van der Waals surface area contributed by atoms with Crippen LogP contribution in [0.1, 0.15) is 12.5 Å². The van der Waals surface area contributed by atoms with E-state index >= 15 is 0 Å². The number of nitrogens with zero attached hydrogens (tertiary/aromatic N) is 2. The maximum Gasteiger partial charge on any atom is 0.325 e. The van der Waals surface area contributed by atoms with Gasteiger partial charge in [0.15, 0.2) is 11.3 Å². The van der Waals surface area contributed by atoms with Crippen molar-refractivity contribution >= 4 is 33.5 Å². The molecule has 0 saturated heterocycles. The number of halogens is 1. The van der Waals surface area contributed by atoms with Crippen molar-refractivity contribution < 1.29 is 19.2 Å². The third kappa shape index (κ3) is 2.77. The highest BCUT2D eigenvalue weighted by atomic mass is 79.9. The molecule has 0 saturated carbocycles. The van der Waals surface area contributed by atoms with Crippen molar-refractivity contribution in [1.29, 1.82) is 5.26 Å². The van der Waals surface area contributed by atoms with Crippen LogP contribution in [0.25, 0.3) is 0 Å². The Balaban J connectivity index is 2.68. The number of amides is 1. The van der Waals surface area contributed by atoms with Crippen molar-refractivity contribution in [1.82, 2.24) is 0 Å². The van der Waals surface area contributed by atoms with Gasteiger partial charge in [0, 0.05) is 20.6 Å². The molecule has 9 heteroatoms. The quantitative estimate of drug-likeness (QED) is 0.469. The monoisotopic (exact) mass is 381 g/mol. The smallest absolute Gasteiger partial charge is 0.325 e. The second kappa shape index (κ2) is 6.34. The van der Waals surface area contributed by atoms with Gasteiger partial charge in [0.1, 0.15) is 0 Å². The molecular weight excluding hydrogens is 370 g/mol. The zero-order valence-corrected chi connectivity index (χ0v) is 13.6. The minimum Gasteiger partial charge on any atom is -0.465 e. The topological polar surface area (TPSA) is 122 Å². The average Bonchev–Trinajstić information content (AvgIpc) is 2.73. The molecule has 1 aromatic rings. The van der Waals surface area contributed by atoms with E-state index < -0.39 is 34.7 Å². The molecule has 0 spiro atoms. The van der Waals surface area contributed by atoms with E-state index in [1.807, 2.05) is 0 Å². The number of hydrogen-bond donors (Lipinski definition) is 1. The fourth-order valence-corrected chi connectivity index (χ4v) is 3.04. The van der Waals surface area contributed by atoms with E-state index in [-0.39, 0.29) is 12.2 Å². The van der Waals surface area contributed by atoms with Gasteiger partial charge in [0.25, 0.3) is 0 Å². The molecule has 120 valence electrons. The number of fused-ring (bicyclic) bond motifs is 1. The largest absolute Gasteiger partial charge is 0.465 e. The van der Waals surface area contributed by atoms with E-state index in [4.69, 9.17) is 4.74 Å². The summed E-state index contributed by atoms with van der Waals surface area (Å²) in [6.07, 6.45) is 0. The van der Waals surface area contributed by atoms with Crippen molar-refractivity contribution in [3.63, 3.8) is 0 Å². The van der Waals surface area contributed by atoms with Crippen molar-refractivity contribution in [3.05, 3.63) is 38.3 Å². The Hall–Kier alpha value is -2.47. The summed E-state index contributed by atoms with van der Waals surface area (Å²) in [5.41, 5.74) is -1.36. The second-order valence-corrected chi connectivity index (χ2v) is 5.84. The van der Waals surface area contributed by atoms with Crippen LogP contribution in [0.15, 0.2) is 22.7 Å². The summed E-state index contributed by atoms with van der Waals surface area (Å²) in [4.78, 5) is 35.1. The van der Waals surface area contributed by atoms with E-state index in [0.29, 0.717) is 10.2 Å². The van der Waals surface area contributed by atoms with Crippen molar-refractivity contribution in [2.45, 2.75) is 12.3 Å². The molecule has 8 nitrogen and oxygen atoms in total. The van der Waals surface area contributed by atoms with Gasteiger partial charge in [-0.3, -0.25) is 19.7 Å². The van der Waals surface area contributed by atoms with Crippen LogP contribution < -0.4 is 5.32 Å². The number of ether oxygens (including phenoxy) is 1. The summed E-state index contributed by atoms with van der Waals surface area (Å²) in [5.74, 6) is -3.34. The predicted molar refractivity (Wildman–Crippen MR) is 82.0 cm³/mol. The van der Waals surface area contributed by atoms with Gasteiger partial charge in [0.2, 0.25) is 12.5 Å². The first-order valence-corrected chi connectivity index (χ1v) is 7.45. The molecule has 0 fully saturated rings. The molecule has 0 bridgehead atoms. The van der Waals surface area contributed by atoms with Crippen LogP contribution in [0.5, 0.6) is 0 Å². The lowest BCUT2D eigenvalue weighted by molar-refractivity contribution is -0.488. The zero-order chi connectivity index (χ0) is 17.2. The first kappa shape index (κ1) is 16.9. The van der Waals surface area contributed by atoms with Crippen molar-refractivity contribution in [3.8, 4) is 6.07 Å². The number of rotatable bonds is 5. The number of nitrogens with one attached hydrogen (secondary N) is 1. The van der Waals surface area contributed by atoms with E-state index in [2.05, 4.69) is 21.2 Å². The summed E-state index contributed by atoms with van der Waals surface area (Å²) in [6.45, 7) is 0.656. The molecule has 0 aliphatic carbocycles. The Morgan fingerprint density at radius 3 is 2.87 bits per heavy atom. The van der Waals surface area contributed by atoms with Crippen LogP contribution in [0, 0.1) is 27.4 Å². The lowest BCUT2D eigenvalue weighted by atomic mass is 9.71. The molecule has 0 aromatic heterocycles. The van der Waals surface area contributed by atoms with Gasteiger partial charge in [-0.15, -0.1) is 0 Å². The Kier molecular flexibility index (Phi) is 4.65. The number of esters is 1. The van der Waals surface area contributed by atoms with Crippen molar-refractivity contribution in [2.24, 2.45) is 5.92 Å². The highest BCUT2D eigenvalue weighted by Gasteiger charge is 2.60. The normalized spacial score (nSPS) is 20.1. The fraction of sp³-hybridized carbons (Fsp3) is 0.357. The lowest BCUT2D eigenvalue weighted by Gasteiger charge is -2.26. The van der Waals surface area contributed by atoms with Crippen LogP contribution in [-0.4, -0.2) is 30.0 Å². The number of hydrogen-bond acceptors (Lipinski definition) is 6. The first-order chi connectivity index (χ1) is 10.9. The Bertz CT molecular complexity index is 730. The molecular formula is C14H12BrN3O5. The fourth-order valence-electron chi connectivity index (χ4n) is 2.68. The molecule has 1 aliphatic heterocycles. The minimum atomic E-state index is -1.93. The summed E-state index contributed by atoms with van der Waals surface area (Å²) >= 11 is 3.23. The third-order valence-electron chi connectivity index (χ3n) is 3.64. The molecule has 2 rings (SSSR count). The highest BCUT2D eigenvalue weighted by Crippen LogP contribution is 2.44. The minimum absolute atomic E-state index is 0.00147. The van der Waals surface area contributed by atoms with Gasteiger partial charge in [-0.05, 0) is 25.1 Å². The number of carbonyl (C=O) groups is 2. The van der Waals surface area contributed by atoms with E-state index in [1.165, 1.54) is 6.07 Å². The van der Waals surface area contributed by atoms with E-state index in [1.54, 1.807) is 25.1 Å². The lowest BCUT2D eigenvalue weighted by Crippen LogP contribution is -2.50. The SMILES string of the molecule is CCOC(=O)[C@@H](C#N)[C@]1(C[N+](=O)[O-])C(=O)Nc2ccc(Br)cc21. The molecule has 1 heterocycles. The van der Waals surface area contributed by atoms with Crippen molar-refractivity contribution in [2.75, 3.05) is 18.5 Å². The maximum absolute atomic E-state index is 12.5. The van der Waals surface area contributed by atoms with Crippen LogP contribution in [0.3, 0.4) is 0 Å². The van der Waals surface area contributed by atoms with Gasteiger partial charge in [0.05, 0.1) is 12.7 Å². The molecule has 1 aliphatic rings. The Labute approximate surface area is 139 Å². The molecule has 1 aromatic carbocycles. The van der Waals surface area contributed by atoms with Gasteiger partial charge in [-0.25, -0.2) is 0 Å².